The van der Waals surface area contributed by atoms with Crippen molar-refractivity contribution in [2.24, 2.45) is 0 Å². The Morgan fingerprint density at radius 1 is 1.34 bits per heavy atom. The molecule has 1 N–H and O–H groups in total. The molecule has 2 amide bonds. The molecule has 2 heterocycles. The highest BCUT2D eigenvalue weighted by atomic mass is 35.5. The predicted molar refractivity (Wildman–Crippen MR) is 104 cm³/mol. The van der Waals surface area contributed by atoms with Crippen molar-refractivity contribution in [3.63, 3.8) is 0 Å². The van der Waals surface area contributed by atoms with E-state index in [1.807, 2.05) is 0 Å². The average Bonchev–Trinajstić information content (AvgIpc) is 3.21. The second kappa shape index (κ2) is 9.80. The van der Waals surface area contributed by atoms with E-state index in [0.717, 1.165) is 0 Å². The zero-order chi connectivity index (χ0) is 20.8. The Morgan fingerprint density at radius 2 is 2.10 bits per heavy atom. The Hall–Kier alpha value is -2.52. The van der Waals surface area contributed by atoms with Crippen LogP contribution in [0.25, 0.3) is 0 Å². The molecule has 2 aromatic rings. The van der Waals surface area contributed by atoms with Crippen molar-refractivity contribution in [2.75, 3.05) is 33.4 Å². The maximum Gasteiger partial charge on any atom is 0.273 e. The first kappa shape index (κ1) is 21.2. The molecule has 0 saturated carbocycles. The number of piperidine rings is 1. The largest absolute Gasteiger partial charge is 0.383 e. The predicted octanol–water partition coefficient (Wildman–Crippen LogP) is 1.85. The number of nitrogens with one attached hydrogen (secondary N) is 1. The minimum atomic E-state index is -0.424. The van der Waals surface area contributed by atoms with Gasteiger partial charge in [0.1, 0.15) is 5.82 Å². The highest BCUT2D eigenvalue weighted by molar-refractivity contribution is 6.31. The SMILES string of the molecule is COCCNC(=O)c1cn(C2CCN(C(=O)Cc3ccc(F)cc3Cl)CC2)nn1. The molecule has 8 nitrogen and oxygen atoms in total. The molecule has 1 aromatic carbocycles. The summed E-state index contributed by atoms with van der Waals surface area (Å²) in [6, 6.07) is 4.12. The maximum atomic E-state index is 13.1. The molecule has 0 atom stereocenters. The van der Waals surface area contributed by atoms with Crippen molar-refractivity contribution in [3.8, 4) is 0 Å². The van der Waals surface area contributed by atoms with Gasteiger partial charge in [-0.2, -0.15) is 0 Å². The molecule has 1 saturated heterocycles. The van der Waals surface area contributed by atoms with E-state index in [0.29, 0.717) is 44.6 Å². The van der Waals surface area contributed by atoms with Crippen molar-refractivity contribution in [1.29, 1.82) is 0 Å². The minimum Gasteiger partial charge on any atom is -0.383 e. The minimum absolute atomic E-state index is 0.0474. The Labute approximate surface area is 173 Å². The lowest BCUT2D eigenvalue weighted by molar-refractivity contribution is -0.131. The molecule has 1 aliphatic heterocycles. The Morgan fingerprint density at radius 3 is 2.79 bits per heavy atom. The average molecular weight is 424 g/mol. The number of nitrogens with zero attached hydrogens (tertiary/aromatic N) is 4. The summed E-state index contributed by atoms with van der Waals surface area (Å²) in [4.78, 5) is 26.3. The van der Waals surface area contributed by atoms with Crippen LogP contribution in [0.4, 0.5) is 4.39 Å². The van der Waals surface area contributed by atoms with Crippen molar-refractivity contribution in [3.05, 3.63) is 46.5 Å². The van der Waals surface area contributed by atoms with Crippen LogP contribution in [0.1, 0.15) is 34.9 Å². The number of methoxy groups -OCH3 is 1. The maximum absolute atomic E-state index is 13.1. The van der Waals surface area contributed by atoms with Gasteiger partial charge in [-0.15, -0.1) is 5.10 Å². The summed E-state index contributed by atoms with van der Waals surface area (Å²) >= 11 is 6.01. The highest BCUT2D eigenvalue weighted by Crippen LogP contribution is 2.24. The number of hydrogen-bond acceptors (Lipinski definition) is 5. The number of aromatic nitrogens is 3. The molecule has 10 heteroatoms. The summed E-state index contributed by atoms with van der Waals surface area (Å²) < 4.78 is 19.7. The van der Waals surface area contributed by atoms with Gasteiger partial charge in [-0.05, 0) is 30.5 Å². The van der Waals surface area contributed by atoms with E-state index in [2.05, 4.69) is 15.6 Å². The summed E-state index contributed by atoms with van der Waals surface area (Å²) in [6.07, 6.45) is 3.18. The number of benzene rings is 1. The fraction of sp³-hybridized carbons (Fsp3) is 0.474. The second-order valence-electron chi connectivity index (χ2n) is 6.86. The van der Waals surface area contributed by atoms with Crippen LogP contribution in [0.2, 0.25) is 5.02 Å². The number of hydrogen-bond donors (Lipinski definition) is 1. The molecular formula is C19H23ClFN5O3. The van der Waals surface area contributed by atoms with Crippen molar-refractivity contribution < 1.29 is 18.7 Å². The quantitative estimate of drug-likeness (QED) is 0.686. The fourth-order valence-electron chi connectivity index (χ4n) is 3.24. The van der Waals surface area contributed by atoms with E-state index in [4.69, 9.17) is 16.3 Å². The third kappa shape index (κ3) is 5.51. The van der Waals surface area contributed by atoms with Gasteiger partial charge < -0.3 is 15.0 Å². The number of ether oxygens (including phenoxy) is 1. The van der Waals surface area contributed by atoms with Gasteiger partial charge in [-0.25, -0.2) is 9.07 Å². The van der Waals surface area contributed by atoms with E-state index in [9.17, 15) is 14.0 Å². The van der Waals surface area contributed by atoms with Gasteiger partial charge in [0.25, 0.3) is 5.91 Å². The number of rotatable bonds is 7. The smallest absolute Gasteiger partial charge is 0.273 e. The van der Waals surface area contributed by atoms with Crippen LogP contribution in [-0.2, 0) is 16.0 Å². The van der Waals surface area contributed by atoms with Gasteiger partial charge in [0.15, 0.2) is 5.69 Å². The summed E-state index contributed by atoms with van der Waals surface area (Å²) in [5, 5.41) is 11.0. The highest BCUT2D eigenvalue weighted by Gasteiger charge is 2.25. The van der Waals surface area contributed by atoms with Gasteiger partial charge in [-0.1, -0.05) is 22.9 Å². The Bertz CT molecular complexity index is 867. The van der Waals surface area contributed by atoms with Crippen LogP contribution in [-0.4, -0.2) is 65.1 Å². The monoisotopic (exact) mass is 423 g/mol. The van der Waals surface area contributed by atoms with Crippen LogP contribution < -0.4 is 5.32 Å². The molecule has 0 spiro atoms. The van der Waals surface area contributed by atoms with Gasteiger partial charge in [0.2, 0.25) is 5.91 Å². The van der Waals surface area contributed by atoms with E-state index in [-0.39, 0.29) is 35.0 Å². The molecule has 29 heavy (non-hydrogen) atoms. The van der Waals surface area contributed by atoms with Crippen LogP contribution in [0.5, 0.6) is 0 Å². The van der Waals surface area contributed by atoms with Gasteiger partial charge >= 0.3 is 0 Å². The normalized spacial score (nSPS) is 14.8. The molecule has 1 aromatic heterocycles. The first-order chi connectivity index (χ1) is 14.0. The van der Waals surface area contributed by atoms with E-state index in [1.54, 1.807) is 22.9 Å². The van der Waals surface area contributed by atoms with Crippen molar-refractivity contribution in [2.45, 2.75) is 25.3 Å². The van der Waals surface area contributed by atoms with Crippen LogP contribution in [0, 0.1) is 5.82 Å². The summed E-state index contributed by atoms with van der Waals surface area (Å²) in [5.74, 6) is -0.766. The molecule has 156 valence electrons. The summed E-state index contributed by atoms with van der Waals surface area (Å²) in [7, 11) is 1.56. The van der Waals surface area contributed by atoms with E-state index in [1.165, 1.54) is 18.2 Å². The molecule has 1 aliphatic rings. The number of halogens is 2. The molecule has 0 unspecified atom stereocenters. The van der Waals surface area contributed by atoms with E-state index < -0.39 is 5.82 Å². The Balaban J connectivity index is 1.51. The number of carbonyl (C=O) groups is 2. The van der Waals surface area contributed by atoms with Gasteiger partial charge in [-0.3, -0.25) is 9.59 Å². The van der Waals surface area contributed by atoms with Gasteiger partial charge in [0.05, 0.1) is 25.3 Å². The second-order valence-corrected chi connectivity index (χ2v) is 7.26. The number of likely N-dealkylation sites (tertiary alicyclic amines) is 1. The Kier molecular flexibility index (Phi) is 7.16. The first-order valence-corrected chi connectivity index (χ1v) is 9.76. The number of amides is 2. The lowest BCUT2D eigenvalue weighted by atomic mass is 10.0. The van der Waals surface area contributed by atoms with Crippen LogP contribution >= 0.6 is 11.6 Å². The van der Waals surface area contributed by atoms with Gasteiger partial charge in [0, 0.05) is 31.8 Å². The molecule has 1 fully saturated rings. The third-order valence-corrected chi connectivity index (χ3v) is 5.23. The lowest BCUT2D eigenvalue weighted by Gasteiger charge is -2.32. The lowest BCUT2D eigenvalue weighted by Crippen LogP contribution is -2.40. The third-order valence-electron chi connectivity index (χ3n) is 4.88. The standard InChI is InChI=1S/C19H23ClFN5O3/c1-29-9-6-22-19(28)17-12-26(24-23-17)15-4-7-25(8-5-15)18(27)10-13-2-3-14(21)11-16(13)20/h2-3,11-12,15H,4-10H2,1H3,(H,22,28). The summed E-state index contributed by atoms with van der Waals surface area (Å²) in [6.45, 7) is 1.96. The van der Waals surface area contributed by atoms with Crippen LogP contribution in [0.3, 0.4) is 0 Å². The topological polar surface area (TPSA) is 89.4 Å². The molecule has 0 aliphatic carbocycles. The molecule has 3 rings (SSSR count). The number of carbonyl (C=O) groups excluding carboxylic acids is 2. The molecule has 0 bridgehead atoms. The molecule has 0 radical (unpaired) electrons. The van der Waals surface area contributed by atoms with Crippen molar-refractivity contribution in [1.82, 2.24) is 25.2 Å². The van der Waals surface area contributed by atoms with E-state index >= 15 is 0 Å². The fourth-order valence-corrected chi connectivity index (χ4v) is 3.47. The summed E-state index contributed by atoms with van der Waals surface area (Å²) in [5.41, 5.74) is 0.867. The van der Waals surface area contributed by atoms with Crippen molar-refractivity contribution >= 4 is 23.4 Å². The van der Waals surface area contributed by atoms with Crippen LogP contribution in [0.15, 0.2) is 24.4 Å². The zero-order valence-corrected chi connectivity index (χ0v) is 16.9. The zero-order valence-electron chi connectivity index (χ0n) is 16.1. The molecular weight excluding hydrogens is 401 g/mol. The first-order valence-electron chi connectivity index (χ1n) is 9.38.